The monoisotopic (exact) mass is 274 g/mol. The van der Waals surface area contributed by atoms with Gasteiger partial charge in [0.15, 0.2) is 0 Å². The number of aliphatic hydroxyl groups excluding tert-OH is 1. The van der Waals surface area contributed by atoms with Gasteiger partial charge in [0.1, 0.15) is 11.8 Å². The second-order valence-electron chi connectivity index (χ2n) is 5.50. The molecule has 1 unspecified atom stereocenters. The summed E-state index contributed by atoms with van der Waals surface area (Å²) in [7, 11) is 1.58. The number of hydrogen-bond donors (Lipinski definition) is 1. The van der Waals surface area contributed by atoms with Crippen molar-refractivity contribution in [3.8, 4) is 11.8 Å². The number of rotatable bonds is 4. The minimum atomic E-state index is -0.205. The van der Waals surface area contributed by atoms with Crippen molar-refractivity contribution in [2.24, 2.45) is 5.92 Å². The van der Waals surface area contributed by atoms with E-state index in [2.05, 4.69) is 11.0 Å². The van der Waals surface area contributed by atoms with Gasteiger partial charge >= 0.3 is 0 Å². The average Bonchev–Trinajstić information content (AvgIpc) is 2.47. The van der Waals surface area contributed by atoms with Gasteiger partial charge in [0, 0.05) is 6.54 Å². The van der Waals surface area contributed by atoms with Crippen LogP contribution in [0.2, 0.25) is 0 Å². The van der Waals surface area contributed by atoms with Crippen molar-refractivity contribution in [3.05, 3.63) is 29.3 Å². The largest absolute Gasteiger partial charge is 0.495 e. The Morgan fingerprint density at radius 3 is 2.70 bits per heavy atom. The third-order valence-electron chi connectivity index (χ3n) is 4.10. The van der Waals surface area contributed by atoms with Crippen molar-refractivity contribution in [2.75, 3.05) is 20.2 Å². The number of nitrogens with zero attached hydrogens (tertiary/aromatic N) is 2. The molecule has 1 fully saturated rings. The summed E-state index contributed by atoms with van der Waals surface area (Å²) >= 11 is 0. The number of ether oxygens (including phenoxy) is 1. The Bertz CT molecular complexity index is 486. The molecule has 1 saturated heterocycles. The molecule has 0 aromatic heterocycles. The van der Waals surface area contributed by atoms with Crippen molar-refractivity contribution in [1.82, 2.24) is 4.90 Å². The van der Waals surface area contributed by atoms with Crippen LogP contribution >= 0.6 is 0 Å². The number of methoxy groups -OCH3 is 1. The molecule has 0 aliphatic carbocycles. The van der Waals surface area contributed by atoms with Crippen LogP contribution in [0.4, 0.5) is 0 Å². The number of piperidine rings is 1. The molecule has 0 bridgehead atoms. The Kier molecular flexibility index (Phi) is 4.99. The minimum Gasteiger partial charge on any atom is -0.495 e. The topological polar surface area (TPSA) is 56.5 Å². The smallest absolute Gasteiger partial charge is 0.136 e. The van der Waals surface area contributed by atoms with Crippen LogP contribution in [0, 0.1) is 17.2 Å². The van der Waals surface area contributed by atoms with Gasteiger partial charge in [-0.25, -0.2) is 0 Å². The lowest BCUT2D eigenvalue weighted by atomic mass is 9.92. The Labute approximate surface area is 120 Å². The Morgan fingerprint density at radius 1 is 1.45 bits per heavy atom. The van der Waals surface area contributed by atoms with Gasteiger partial charge in [-0.2, -0.15) is 5.26 Å². The van der Waals surface area contributed by atoms with E-state index in [1.807, 2.05) is 25.1 Å². The molecular formula is C16H22N2O2. The molecule has 4 nitrogen and oxygen atoms in total. The molecule has 1 aliphatic rings. The number of aliphatic hydroxyl groups is 1. The van der Waals surface area contributed by atoms with Crippen LogP contribution in [0.25, 0.3) is 0 Å². The number of nitriles is 1. The van der Waals surface area contributed by atoms with Crippen molar-refractivity contribution < 1.29 is 9.84 Å². The van der Waals surface area contributed by atoms with Crippen LogP contribution in [0.1, 0.15) is 30.9 Å². The molecule has 1 aromatic rings. The van der Waals surface area contributed by atoms with Gasteiger partial charge < -0.3 is 9.84 Å². The van der Waals surface area contributed by atoms with Crippen LogP contribution in [-0.4, -0.2) is 36.3 Å². The first-order valence-electron chi connectivity index (χ1n) is 7.11. The molecule has 108 valence electrons. The van der Waals surface area contributed by atoms with Gasteiger partial charge in [-0.15, -0.1) is 0 Å². The molecule has 0 spiro atoms. The maximum atomic E-state index is 9.61. The summed E-state index contributed by atoms with van der Waals surface area (Å²) in [4.78, 5) is 2.38. The van der Waals surface area contributed by atoms with Crippen molar-refractivity contribution in [1.29, 1.82) is 5.26 Å². The maximum Gasteiger partial charge on any atom is 0.136 e. The SMILES string of the molecule is COc1ccc(CN2CCC(C(C)O)CC2)cc1C#N. The van der Waals surface area contributed by atoms with Crippen LogP contribution in [0.5, 0.6) is 5.75 Å². The lowest BCUT2D eigenvalue weighted by Crippen LogP contribution is -2.36. The van der Waals surface area contributed by atoms with Crippen LogP contribution in [-0.2, 0) is 6.54 Å². The molecule has 1 aliphatic heterocycles. The van der Waals surface area contributed by atoms with E-state index in [0.29, 0.717) is 17.2 Å². The van der Waals surface area contributed by atoms with Crippen molar-refractivity contribution in [2.45, 2.75) is 32.4 Å². The predicted molar refractivity (Wildman–Crippen MR) is 77.4 cm³/mol. The second-order valence-corrected chi connectivity index (χ2v) is 5.50. The van der Waals surface area contributed by atoms with Crippen LogP contribution < -0.4 is 4.74 Å². The van der Waals surface area contributed by atoms with Gasteiger partial charge in [-0.05, 0) is 56.5 Å². The van der Waals surface area contributed by atoms with Gasteiger partial charge in [0.2, 0.25) is 0 Å². The molecular weight excluding hydrogens is 252 g/mol. The summed E-state index contributed by atoms with van der Waals surface area (Å²) in [5.41, 5.74) is 1.72. The number of hydrogen-bond acceptors (Lipinski definition) is 4. The molecule has 4 heteroatoms. The molecule has 2 rings (SSSR count). The molecule has 1 atom stereocenters. The highest BCUT2D eigenvalue weighted by Gasteiger charge is 2.22. The molecule has 0 saturated carbocycles. The van der Waals surface area contributed by atoms with E-state index in [9.17, 15) is 5.11 Å². The average molecular weight is 274 g/mol. The fraction of sp³-hybridized carbons (Fsp3) is 0.562. The lowest BCUT2D eigenvalue weighted by Gasteiger charge is -2.33. The minimum absolute atomic E-state index is 0.205. The fourth-order valence-electron chi connectivity index (χ4n) is 2.79. The van der Waals surface area contributed by atoms with E-state index in [0.717, 1.165) is 38.0 Å². The maximum absolute atomic E-state index is 9.61. The zero-order valence-corrected chi connectivity index (χ0v) is 12.2. The van der Waals surface area contributed by atoms with Crippen LogP contribution in [0.15, 0.2) is 18.2 Å². The number of likely N-dealkylation sites (tertiary alicyclic amines) is 1. The Morgan fingerprint density at radius 2 is 2.15 bits per heavy atom. The van der Waals surface area contributed by atoms with E-state index in [1.165, 1.54) is 0 Å². The van der Waals surface area contributed by atoms with E-state index >= 15 is 0 Å². The van der Waals surface area contributed by atoms with Gasteiger partial charge in [-0.1, -0.05) is 6.07 Å². The zero-order valence-electron chi connectivity index (χ0n) is 12.2. The molecule has 0 amide bonds. The quantitative estimate of drug-likeness (QED) is 0.914. The molecule has 0 radical (unpaired) electrons. The van der Waals surface area contributed by atoms with Crippen molar-refractivity contribution >= 4 is 0 Å². The normalized spacial score (nSPS) is 18.5. The number of benzene rings is 1. The van der Waals surface area contributed by atoms with Gasteiger partial charge in [0.25, 0.3) is 0 Å². The predicted octanol–water partition coefficient (Wildman–Crippen LogP) is 2.16. The first-order valence-corrected chi connectivity index (χ1v) is 7.11. The summed E-state index contributed by atoms with van der Waals surface area (Å²) in [5, 5.41) is 18.7. The standard InChI is InChI=1S/C16H22N2O2/c1-12(19)14-5-7-18(8-6-14)11-13-3-4-16(20-2)15(9-13)10-17/h3-4,9,12,14,19H,5-8,11H2,1-2H3. The van der Waals surface area contributed by atoms with Crippen molar-refractivity contribution in [3.63, 3.8) is 0 Å². The second kappa shape index (κ2) is 6.74. The van der Waals surface area contributed by atoms with E-state index in [1.54, 1.807) is 7.11 Å². The third kappa shape index (κ3) is 3.50. The summed E-state index contributed by atoms with van der Waals surface area (Å²) in [6.45, 7) is 4.74. The molecule has 20 heavy (non-hydrogen) atoms. The summed E-state index contributed by atoms with van der Waals surface area (Å²) in [6, 6.07) is 7.94. The highest BCUT2D eigenvalue weighted by atomic mass is 16.5. The summed E-state index contributed by atoms with van der Waals surface area (Å²) in [5.74, 6) is 1.06. The first kappa shape index (κ1) is 14.8. The molecule has 1 aromatic carbocycles. The molecule has 1 heterocycles. The highest BCUT2D eigenvalue weighted by Crippen LogP contribution is 2.24. The fourth-order valence-corrected chi connectivity index (χ4v) is 2.79. The Hall–Kier alpha value is -1.57. The van der Waals surface area contributed by atoms with Crippen LogP contribution in [0.3, 0.4) is 0 Å². The van der Waals surface area contributed by atoms with Gasteiger partial charge in [0.05, 0.1) is 18.8 Å². The lowest BCUT2D eigenvalue weighted by molar-refractivity contribution is 0.0695. The Balaban J connectivity index is 1.96. The van der Waals surface area contributed by atoms with E-state index < -0.39 is 0 Å². The molecule has 1 N–H and O–H groups in total. The van der Waals surface area contributed by atoms with E-state index in [4.69, 9.17) is 10.00 Å². The third-order valence-corrected chi connectivity index (χ3v) is 4.10. The summed E-state index contributed by atoms with van der Waals surface area (Å²) in [6.07, 6.45) is 1.88. The zero-order chi connectivity index (χ0) is 14.5. The van der Waals surface area contributed by atoms with Gasteiger partial charge in [-0.3, -0.25) is 4.90 Å². The first-order chi connectivity index (χ1) is 9.63. The highest BCUT2D eigenvalue weighted by molar-refractivity contribution is 5.45. The summed E-state index contributed by atoms with van der Waals surface area (Å²) < 4.78 is 5.16. The van der Waals surface area contributed by atoms with E-state index in [-0.39, 0.29) is 6.10 Å².